The predicted molar refractivity (Wildman–Crippen MR) is 111 cm³/mol. The first-order valence-electron chi connectivity index (χ1n) is 10.7. The Labute approximate surface area is 176 Å². The lowest BCUT2D eigenvalue weighted by atomic mass is 9.73. The highest BCUT2D eigenvalue weighted by Gasteiger charge is 2.42. The molecule has 0 radical (unpaired) electrons. The van der Waals surface area contributed by atoms with Gasteiger partial charge in [0.25, 0.3) is 5.91 Å². The molecule has 8 heteroatoms. The molecule has 2 aromatic rings. The van der Waals surface area contributed by atoms with Crippen LogP contribution in [0.25, 0.3) is 0 Å². The van der Waals surface area contributed by atoms with Crippen LogP contribution in [0, 0.1) is 5.41 Å². The summed E-state index contributed by atoms with van der Waals surface area (Å²) in [6.45, 7) is 2.39. The molecule has 1 spiro atoms. The van der Waals surface area contributed by atoms with Crippen LogP contribution >= 0.6 is 0 Å². The quantitative estimate of drug-likeness (QED) is 0.820. The Bertz CT molecular complexity index is 902. The van der Waals surface area contributed by atoms with Crippen LogP contribution in [0.2, 0.25) is 0 Å². The third-order valence-electron chi connectivity index (χ3n) is 6.39. The zero-order valence-corrected chi connectivity index (χ0v) is 17.5. The maximum Gasteiger partial charge on any atom is 0.257 e. The second kappa shape index (κ2) is 8.85. The van der Waals surface area contributed by atoms with E-state index in [0.717, 1.165) is 37.9 Å². The van der Waals surface area contributed by atoms with Crippen molar-refractivity contribution < 1.29 is 14.3 Å². The molecule has 160 valence electrons. The monoisotopic (exact) mass is 411 g/mol. The number of rotatable bonds is 2. The van der Waals surface area contributed by atoms with Gasteiger partial charge >= 0.3 is 0 Å². The SMILES string of the molecule is COc1ccccc1C(=O)N1CCC2(CCCCCn3cc(nn3)CNC2=O)CC1. The molecule has 3 heterocycles. The second-order valence-electron chi connectivity index (χ2n) is 8.24. The molecule has 2 aliphatic rings. The lowest BCUT2D eigenvalue weighted by Crippen LogP contribution is -2.50. The highest BCUT2D eigenvalue weighted by atomic mass is 16.5. The molecule has 1 fully saturated rings. The van der Waals surface area contributed by atoms with Gasteiger partial charge in [-0.1, -0.05) is 30.2 Å². The van der Waals surface area contributed by atoms with E-state index in [1.54, 1.807) is 19.2 Å². The molecule has 4 rings (SSSR count). The molecule has 2 bridgehead atoms. The Morgan fingerprint density at radius 1 is 1.10 bits per heavy atom. The average molecular weight is 412 g/mol. The fourth-order valence-electron chi connectivity index (χ4n) is 4.52. The Morgan fingerprint density at radius 3 is 2.70 bits per heavy atom. The van der Waals surface area contributed by atoms with Crippen LogP contribution in [-0.2, 0) is 17.9 Å². The third kappa shape index (κ3) is 4.17. The second-order valence-corrected chi connectivity index (χ2v) is 8.24. The largest absolute Gasteiger partial charge is 0.496 e. The van der Waals surface area contributed by atoms with E-state index < -0.39 is 5.41 Å². The van der Waals surface area contributed by atoms with Crippen molar-refractivity contribution in [2.45, 2.75) is 51.6 Å². The lowest BCUT2D eigenvalue weighted by molar-refractivity contribution is -0.134. The molecule has 1 saturated heterocycles. The molecule has 8 nitrogen and oxygen atoms in total. The molecule has 2 aliphatic heterocycles. The molecule has 1 N–H and O–H groups in total. The van der Waals surface area contributed by atoms with Crippen LogP contribution in [0.3, 0.4) is 0 Å². The van der Waals surface area contributed by atoms with Gasteiger partial charge in [-0.2, -0.15) is 0 Å². The summed E-state index contributed by atoms with van der Waals surface area (Å²) < 4.78 is 7.20. The number of hydrogen-bond donors (Lipinski definition) is 1. The van der Waals surface area contributed by atoms with Gasteiger partial charge in [-0.05, 0) is 37.8 Å². The first kappa shape index (κ1) is 20.4. The van der Waals surface area contributed by atoms with E-state index >= 15 is 0 Å². The summed E-state index contributed by atoms with van der Waals surface area (Å²) in [5.41, 5.74) is 0.928. The molecular weight excluding hydrogens is 382 g/mol. The minimum absolute atomic E-state index is 0.0347. The van der Waals surface area contributed by atoms with Crippen molar-refractivity contribution in [3.8, 4) is 5.75 Å². The fourth-order valence-corrected chi connectivity index (χ4v) is 4.52. The van der Waals surface area contributed by atoms with Crippen molar-refractivity contribution >= 4 is 11.8 Å². The molecule has 1 aromatic carbocycles. The van der Waals surface area contributed by atoms with Gasteiger partial charge in [0.15, 0.2) is 0 Å². The van der Waals surface area contributed by atoms with Gasteiger partial charge < -0.3 is 15.0 Å². The van der Waals surface area contributed by atoms with Crippen LogP contribution in [0.4, 0.5) is 0 Å². The summed E-state index contributed by atoms with van der Waals surface area (Å²) in [7, 11) is 1.57. The third-order valence-corrected chi connectivity index (χ3v) is 6.39. The Hall–Kier alpha value is -2.90. The van der Waals surface area contributed by atoms with Crippen molar-refractivity contribution in [3.05, 3.63) is 41.7 Å². The van der Waals surface area contributed by atoms with Gasteiger partial charge in [0.1, 0.15) is 11.4 Å². The number of ether oxygens (including phenoxy) is 1. The van der Waals surface area contributed by atoms with Crippen molar-refractivity contribution in [1.82, 2.24) is 25.2 Å². The first-order chi connectivity index (χ1) is 14.6. The first-order valence-corrected chi connectivity index (χ1v) is 10.7. The summed E-state index contributed by atoms with van der Waals surface area (Å²) in [6, 6.07) is 7.29. The molecule has 2 amide bonds. The normalized spacial score (nSPS) is 19.5. The Kier molecular flexibility index (Phi) is 6.01. The van der Waals surface area contributed by atoms with Crippen molar-refractivity contribution in [2.75, 3.05) is 20.2 Å². The number of aromatic nitrogens is 3. The summed E-state index contributed by atoms with van der Waals surface area (Å²) in [4.78, 5) is 28.1. The minimum atomic E-state index is -0.424. The molecule has 0 saturated carbocycles. The number of methoxy groups -OCH3 is 1. The maximum atomic E-state index is 13.2. The number of nitrogens with one attached hydrogen (secondary N) is 1. The van der Waals surface area contributed by atoms with Crippen LogP contribution in [0.15, 0.2) is 30.5 Å². The number of para-hydroxylation sites is 1. The van der Waals surface area contributed by atoms with E-state index in [1.807, 2.05) is 27.9 Å². The van der Waals surface area contributed by atoms with Crippen molar-refractivity contribution in [1.29, 1.82) is 0 Å². The van der Waals surface area contributed by atoms with E-state index in [0.29, 0.717) is 43.8 Å². The van der Waals surface area contributed by atoms with E-state index in [4.69, 9.17) is 4.74 Å². The number of fused-ring (bicyclic) bond motifs is 2. The molecule has 30 heavy (non-hydrogen) atoms. The molecule has 0 atom stereocenters. The smallest absolute Gasteiger partial charge is 0.257 e. The number of piperidine rings is 1. The van der Waals surface area contributed by atoms with Crippen molar-refractivity contribution in [2.24, 2.45) is 5.41 Å². The zero-order chi connectivity index (χ0) is 21.0. The topological polar surface area (TPSA) is 89.3 Å². The lowest BCUT2D eigenvalue weighted by Gasteiger charge is -2.41. The van der Waals surface area contributed by atoms with E-state index in [2.05, 4.69) is 15.6 Å². The number of likely N-dealkylation sites (tertiary alicyclic amines) is 1. The summed E-state index contributed by atoms with van der Waals surface area (Å²) in [5, 5.41) is 11.3. The van der Waals surface area contributed by atoms with Crippen LogP contribution in [0.1, 0.15) is 54.6 Å². The number of amides is 2. The van der Waals surface area contributed by atoms with Gasteiger partial charge in [-0.15, -0.1) is 5.10 Å². The maximum absolute atomic E-state index is 13.2. The van der Waals surface area contributed by atoms with Gasteiger partial charge in [-0.25, -0.2) is 0 Å². The van der Waals surface area contributed by atoms with Crippen LogP contribution < -0.4 is 10.1 Å². The zero-order valence-electron chi connectivity index (χ0n) is 17.5. The molecule has 1 aromatic heterocycles. The summed E-state index contributed by atoms with van der Waals surface area (Å²) in [6.07, 6.45) is 7.17. The fraction of sp³-hybridized carbons (Fsp3) is 0.545. The molecule has 0 aliphatic carbocycles. The van der Waals surface area contributed by atoms with Gasteiger partial charge in [-0.3, -0.25) is 14.3 Å². The summed E-state index contributed by atoms with van der Waals surface area (Å²) >= 11 is 0. The van der Waals surface area contributed by atoms with E-state index in [-0.39, 0.29) is 11.8 Å². The van der Waals surface area contributed by atoms with E-state index in [1.165, 1.54) is 0 Å². The average Bonchev–Trinajstić information content (AvgIpc) is 3.24. The summed E-state index contributed by atoms with van der Waals surface area (Å²) in [5.74, 6) is 0.620. The standard InChI is InChI=1S/C22H29N5O3/c1-30-19-8-4-3-7-18(19)20(28)26-13-10-22(11-14-26)9-5-2-6-12-27-16-17(24-25-27)15-23-21(22)29/h3-4,7-8,16H,2,5-6,9-15H2,1H3,(H,23,29). The number of hydrogen-bond acceptors (Lipinski definition) is 5. The van der Waals surface area contributed by atoms with Gasteiger partial charge in [0.05, 0.1) is 30.8 Å². The highest BCUT2D eigenvalue weighted by molar-refractivity contribution is 5.97. The van der Waals surface area contributed by atoms with Crippen LogP contribution in [-0.4, -0.2) is 51.9 Å². The Balaban J connectivity index is 1.45. The van der Waals surface area contributed by atoms with Gasteiger partial charge in [0, 0.05) is 19.6 Å². The number of nitrogens with zero attached hydrogens (tertiary/aromatic N) is 4. The van der Waals surface area contributed by atoms with Crippen LogP contribution in [0.5, 0.6) is 5.75 Å². The van der Waals surface area contributed by atoms with E-state index in [9.17, 15) is 9.59 Å². The Morgan fingerprint density at radius 2 is 1.90 bits per heavy atom. The number of carbonyl (C=O) groups excluding carboxylic acids is 2. The highest BCUT2D eigenvalue weighted by Crippen LogP contribution is 2.38. The van der Waals surface area contributed by atoms with Crippen molar-refractivity contribution in [3.63, 3.8) is 0 Å². The number of benzene rings is 1. The number of aryl methyl sites for hydroxylation is 1. The van der Waals surface area contributed by atoms with Gasteiger partial charge in [0.2, 0.25) is 5.91 Å². The predicted octanol–water partition coefficient (Wildman–Crippen LogP) is 2.40. The minimum Gasteiger partial charge on any atom is -0.496 e. The number of carbonyl (C=O) groups is 2. The molecular formula is C22H29N5O3. The molecule has 0 unspecified atom stereocenters.